The van der Waals surface area contributed by atoms with Gasteiger partial charge in [-0.3, -0.25) is 9.59 Å². The quantitative estimate of drug-likeness (QED) is 0.361. The zero-order valence-corrected chi connectivity index (χ0v) is 7.84. The van der Waals surface area contributed by atoms with Crippen molar-refractivity contribution in [1.29, 1.82) is 0 Å². The standard InChI is InChI=1S/2C2H5NO2.Mn.2H2O/c2*3-1-2(4)5;;;/h2*1,3H2,(H,4,5);;2*1H2. The summed E-state index contributed by atoms with van der Waals surface area (Å²) in [4.78, 5) is 18.5. The van der Waals surface area contributed by atoms with E-state index in [1.165, 1.54) is 0 Å². The van der Waals surface area contributed by atoms with Gasteiger partial charge in [-0.15, -0.1) is 0 Å². The summed E-state index contributed by atoms with van der Waals surface area (Å²) in [6.45, 7) is -0.556. The van der Waals surface area contributed by atoms with Gasteiger partial charge in [-0.1, -0.05) is 0 Å². The number of carbonyl (C=O) groups is 2. The van der Waals surface area contributed by atoms with Crippen LogP contribution in [0.2, 0.25) is 0 Å². The molecule has 0 aromatic rings. The number of rotatable bonds is 2. The third-order valence-corrected chi connectivity index (χ3v) is 0.349. The Kier molecular flexibility index (Phi) is 51.0. The summed E-state index contributed by atoms with van der Waals surface area (Å²) >= 11 is 0. The van der Waals surface area contributed by atoms with Gasteiger partial charge in [-0.2, -0.15) is 0 Å². The van der Waals surface area contributed by atoms with Crippen LogP contribution in [-0.4, -0.2) is 46.2 Å². The van der Waals surface area contributed by atoms with E-state index in [0.29, 0.717) is 0 Å². The summed E-state index contributed by atoms with van der Waals surface area (Å²) in [6.07, 6.45) is 0. The maximum Gasteiger partial charge on any atom is 0.317 e. The molecule has 0 aliphatic heterocycles. The van der Waals surface area contributed by atoms with Crippen molar-refractivity contribution in [2.45, 2.75) is 0 Å². The van der Waals surface area contributed by atoms with Crippen LogP contribution in [0.5, 0.6) is 0 Å². The Morgan fingerprint density at radius 1 is 0.923 bits per heavy atom. The van der Waals surface area contributed by atoms with Crippen LogP contribution in [0.3, 0.4) is 0 Å². The molecule has 10 N–H and O–H groups in total. The summed E-state index contributed by atoms with van der Waals surface area (Å²) in [5, 5.41) is 15.2. The summed E-state index contributed by atoms with van der Waals surface area (Å²) < 4.78 is 0. The topological polar surface area (TPSA) is 190 Å². The molecule has 0 bridgehead atoms. The van der Waals surface area contributed by atoms with Gasteiger partial charge in [0.1, 0.15) is 0 Å². The van der Waals surface area contributed by atoms with Crippen molar-refractivity contribution >= 4 is 11.9 Å². The van der Waals surface area contributed by atoms with Crippen molar-refractivity contribution in [3.8, 4) is 0 Å². The zero-order valence-electron chi connectivity index (χ0n) is 6.66. The van der Waals surface area contributed by atoms with Crippen molar-refractivity contribution in [1.82, 2.24) is 0 Å². The van der Waals surface area contributed by atoms with Crippen LogP contribution in [-0.2, 0) is 26.7 Å². The molecule has 0 atom stereocenters. The number of nitrogens with two attached hydrogens (primary N) is 2. The molecule has 0 heterocycles. The molecule has 0 spiro atoms. The Morgan fingerprint density at radius 2 is 1.00 bits per heavy atom. The normalized spacial score (nSPS) is 5.69. The fourth-order valence-electron chi connectivity index (χ4n) is 0. The van der Waals surface area contributed by atoms with Crippen LogP contribution in [0.15, 0.2) is 0 Å². The fourth-order valence-corrected chi connectivity index (χ4v) is 0. The smallest absolute Gasteiger partial charge is 0.317 e. The van der Waals surface area contributed by atoms with E-state index in [-0.39, 0.29) is 41.1 Å². The molecule has 0 rings (SSSR count). The van der Waals surface area contributed by atoms with E-state index < -0.39 is 11.9 Å². The van der Waals surface area contributed by atoms with E-state index in [0.717, 1.165) is 0 Å². The van der Waals surface area contributed by atoms with Crippen LogP contribution in [0.4, 0.5) is 0 Å². The Hall–Kier alpha value is -0.701. The maximum absolute atomic E-state index is 9.24. The van der Waals surface area contributed by atoms with Gasteiger partial charge in [0.15, 0.2) is 0 Å². The fraction of sp³-hybridized carbons (Fsp3) is 0.500. The van der Waals surface area contributed by atoms with Gasteiger partial charge in [0, 0.05) is 17.1 Å². The second-order valence-corrected chi connectivity index (χ2v) is 1.20. The maximum atomic E-state index is 9.24. The molecule has 1 radical (unpaired) electrons. The number of carboxylic acid groups (broad SMARTS) is 2. The molecular weight excluding hydrogens is 227 g/mol. The molecule has 83 valence electrons. The van der Waals surface area contributed by atoms with E-state index in [2.05, 4.69) is 11.5 Å². The second kappa shape index (κ2) is 22.5. The van der Waals surface area contributed by atoms with Crippen molar-refractivity contribution < 1.29 is 47.8 Å². The predicted molar refractivity (Wildman–Crippen MR) is 40.6 cm³/mol. The monoisotopic (exact) mass is 241 g/mol. The molecule has 0 aromatic heterocycles. The molecule has 8 nitrogen and oxygen atoms in total. The first-order valence-electron chi connectivity index (χ1n) is 2.38. The molecule has 0 saturated carbocycles. The number of hydrogen-bond acceptors (Lipinski definition) is 4. The summed E-state index contributed by atoms with van der Waals surface area (Å²) in [6, 6.07) is 0. The molecule has 0 aromatic carbocycles. The van der Waals surface area contributed by atoms with Gasteiger partial charge in [-0.25, -0.2) is 0 Å². The van der Waals surface area contributed by atoms with E-state index in [1.807, 2.05) is 0 Å². The van der Waals surface area contributed by atoms with Gasteiger partial charge < -0.3 is 32.6 Å². The van der Waals surface area contributed by atoms with Crippen LogP contribution in [0.25, 0.3) is 0 Å². The third kappa shape index (κ3) is 89.8. The first-order valence-corrected chi connectivity index (χ1v) is 2.38. The first kappa shape index (κ1) is 29.5. The Labute approximate surface area is 85.0 Å². The molecule has 0 aliphatic carbocycles. The van der Waals surface area contributed by atoms with Gasteiger partial charge in [0.05, 0.1) is 13.1 Å². The minimum absolute atomic E-state index is 0. The molecular formula is C4H14MnN2O6. The predicted octanol–water partition coefficient (Wildman–Crippen LogP) is -3.59. The van der Waals surface area contributed by atoms with Crippen molar-refractivity contribution in [2.24, 2.45) is 11.5 Å². The van der Waals surface area contributed by atoms with Crippen LogP contribution < -0.4 is 11.5 Å². The number of carboxylic acids is 2. The molecule has 13 heavy (non-hydrogen) atoms. The SMILES string of the molecule is NCC(=O)O.NCC(=O)O.O.O.[Mn]. The van der Waals surface area contributed by atoms with Crippen molar-refractivity contribution in [2.75, 3.05) is 13.1 Å². The second-order valence-electron chi connectivity index (χ2n) is 1.20. The van der Waals surface area contributed by atoms with Gasteiger partial charge in [0.25, 0.3) is 0 Å². The third-order valence-electron chi connectivity index (χ3n) is 0.349. The van der Waals surface area contributed by atoms with E-state index in [9.17, 15) is 9.59 Å². The molecule has 0 fully saturated rings. The summed E-state index contributed by atoms with van der Waals surface area (Å²) in [5.74, 6) is -1.94. The Morgan fingerprint density at radius 3 is 1.00 bits per heavy atom. The van der Waals surface area contributed by atoms with E-state index in [4.69, 9.17) is 10.2 Å². The number of hydrogen-bond donors (Lipinski definition) is 4. The molecule has 0 unspecified atom stereocenters. The van der Waals surface area contributed by atoms with Crippen LogP contribution in [0, 0.1) is 0 Å². The van der Waals surface area contributed by atoms with Crippen LogP contribution >= 0.6 is 0 Å². The van der Waals surface area contributed by atoms with Crippen molar-refractivity contribution in [3.63, 3.8) is 0 Å². The Bertz CT molecular complexity index is 107. The molecule has 0 aliphatic rings. The zero-order chi connectivity index (χ0) is 8.57. The van der Waals surface area contributed by atoms with Crippen LogP contribution in [0.1, 0.15) is 0 Å². The van der Waals surface area contributed by atoms with Gasteiger partial charge in [-0.05, 0) is 0 Å². The molecule has 0 amide bonds. The van der Waals surface area contributed by atoms with E-state index >= 15 is 0 Å². The summed E-state index contributed by atoms with van der Waals surface area (Å²) in [7, 11) is 0. The molecule has 0 saturated heterocycles. The average Bonchev–Trinajstić information content (AvgIpc) is 1.89. The minimum Gasteiger partial charge on any atom is -0.480 e. The van der Waals surface area contributed by atoms with Gasteiger partial charge >= 0.3 is 11.9 Å². The molecule has 9 heteroatoms. The van der Waals surface area contributed by atoms with E-state index in [1.54, 1.807) is 0 Å². The largest absolute Gasteiger partial charge is 0.480 e. The number of aliphatic carboxylic acids is 2. The first-order chi connectivity index (χ1) is 4.54. The van der Waals surface area contributed by atoms with Gasteiger partial charge in [0.2, 0.25) is 0 Å². The Balaban J connectivity index is -0.0000000267. The minimum atomic E-state index is -0.968. The average molecular weight is 241 g/mol. The van der Waals surface area contributed by atoms with Crippen molar-refractivity contribution in [3.05, 3.63) is 0 Å². The summed E-state index contributed by atoms with van der Waals surface area (Å²) in [5.41, 5.74) is 9.14.